The van der Waals surface area contributed by atoms with Gasteiger partial charge in [0.2, 0.25) is 0 Å². The van der Waals surface area contributed by atoms with E-state index >= 15 is 0 Å². The Hall–Kier alpha value is -0.690. The van der Waals surface area contributed by atoms with E-state index in [-0.39, 0.29) is 0 Å². The monoisotopic (exact) mass is 345 g/mol. The Morgan fingerprint density at radius 1 is 1.47 bits per heavy atom. The average Bonchev–Trinajstić information content (AvgIpc) is 2.37. The molecule has 0 amide bonds. The number of methoxy groups -OCH3 is 1. The number of hydrogen-bond donors (Lipinski definition) is 2. The van der Waals surface area contributed by atoms with Gasteiger partial charge >= 0.3 is 0 Å². The van der Waals surface area contributed by atoms with Gasteiger partial charge in [-0.3, -0.25) is 0 Å². The van der Waals surface area contributed by atoms with Crippen LogP contribution in [0.15, 0.2) is 22.7 Å². The third-order valence-electron chi connectivity index (χ3n) is 2.73. The van der Waals surface area contributed by atoms with E-state index in [0.29, 0.717) is 4.99 Å². The van der Waals surface area contributed by atoms with Crippen molar-refractivity contribution >= 4 is 38.8 Å². The van der Waals surface area contributed by atoms with Gasteiger partial charge in [-0.15, -0.1) is 0 Å². The summed E-state index contributed by atoms with van der Waals surface area (Å²) >= 11 is 8.48. The largest absolute Gasteiger partial charge is 0.389 e. The highest BCUT2D eigenvalue weighted by molar-refractivity contribution is 9.10. The van der Waals surface area contributed by atoms with Crippen molar-refractivity contribution in [3.8, 4) is 0 Å². The smallest absolute Gasteiger partial charge is 0.106 e. The number of thiocarbonyl (C=S) groups is 1. The van der Waals surface area contributed by atoms with Crippen LogP contribution in [0.4, 0.5) is 5.69 Å². The summed E-state index contributed by atoms with van der Waals surface area (Å²) in [7, 11) is 3.78. The molecule has 1 aromatic rings. The van der Waals surface area contributed by atoms with Crippen LogP contribution in [0.5, 0.6) is 0 Å². The molecule has 0 bridgehead atoms. The van der Waals surface area contributed by atoms with Crippen molar-refractivity contribution in [2.24, 2.45) is 5.73 Å². The molecule has 0 aliphatic rings. The molecule has 0 unspecified atom stereocenters. The minimum Gasteiger partial charge on any atom is -0.389 e. The standard InChI is InChI=1S/C13H20BrN3OS/c1-17(7-8-18-2)6-5-16-12-4-3-10(14)9-11(12)13(15)19/h3-4,9,16H,5-8H2,1-2H3,(H2,15,19). The molecule has 0 atom stereocenters. The Bertz CT molecular complexity index is 428. The maximum absolute atomic E-state index is 5.72. The third kappa shape index (κ3) is 5.86. The molecule has 0 aliphatic carbocycles. The zero-order valence-corrected chi connectivity index (χ0v) is 13.7. The predicted octanol–water partition coefficient (Wildman–Crippen LogP) is 2.07. The minimum atomic E-state index is 0.400. The number of rotatable bonds is 8. The molecule has 6 heteroatoms. The summed E-state index contributed by atoms with van der Waals surface area (Å²) in [6.45, 7) is 3.42. The van der Waals surface area contributed by atoms with E-state index < -0.39 is 0 Å². The van der Waals surface area contributed by atoms with Crippen molar-refractivity contribution in [2.45, 2.75) is 0 Å². The van der Waals surface area contributed by atoms with Crippen molar-refractivity contribution in [3.63, 3.8) is 0 Å². The first-order valence-corrected chi connectivity index (χ1v) is 7.25. The van der Waals surface area contributed by atoms with Crippen LogP contribution in [0, 0.1) is 0 Å². The Morgan fingerprint density at radius 2 is 2.21 bits per heavy atom. The van der Waals surface area contributed by atoms with Crippen LogP contribution in [0.3, 0.4) is 0 Å². The molecule has 0 radical (unpaired) electrons. The Balaban J connectivity index is 2.51. The first kappa shape index (κ1) is 16.4. The molecule has 3 N–H and O–H groups in total. The summed E-state index contributed by atoms with van der Waals surface area (Å²) in [5.41, 5.74) is 7.56. The highest BCUT2D eigenvalue weighted by Gasteiger charge is 2.06. The number of halogens is 1. The molecular weight excluding hydrogens is 326 g/mol. The molecule has 0 fully saturated rings. The van der Waals surface area contributed by atoms with Crippen molar-refractivity contribution in [2.75, 3.05) is 45.7 Å². The van der Waals surface area contributed by atoms with Crippen molar-refractivity contribution in [1.29, 1.82) is 0 Å². The topological polar surface area (TPSA) is 50.5 Å². The number of hydrogen-bond acceptors (Lipinski definition) is 4. The zero-order chi connectivity index (χ0) is 14.3. The van der Waals surface area contributed by atoms with E-state index in [2.05, 4.69) is 33.2 Å². The lowest BCUT2D eigenvalue weighted by Crippen LogP contribution is -2.28. The number of ether oxygens (including phenoxy) is 1. The van der Waals surface area contributed by atoms with E-state index in [1.165, 1.54) is 0 Å². The zero-order valence-electron chi connectivity index (χ0n) is 11.3. The van der Waals surface area contributed by atoms with Gasteiger partial charge in [-0.05, 0) is 25.2 Å². The second-order valence-corrected chi connectivity index (χ2v) is 5.63. The normalized spacial score (nSPS) is 10.7. The molecule has 0 aromatic heterocycles. The maximum atomic E-state index is 5.72. The predicted molar refractivity (Wildman–Crippen MR) is 87.9 cm³/mol. The van der Waals surface area contributed by atoms with Gasteiger partial charge < -0.3 is 20.7 Å². The summed E-state index contributed by atoms with van der Waals surface area (Å²) in [6.07, 6.45) is 0. The second kappa shape index (κ2) is 8.47. The number of nitrogens with two attached hydrogens (primary N) is 1. The van der Waals surface area contributed by atoms with Gasteiger partial charge in [-0.2, -0.15) is 0 Å². The number of benzene rings is 1. The molecule has 0 saturated heterocycles. The van der Waals surface area contributed by atoms with Crippen LogP contribution in [-0.2, 0) is 4.74 Å². The lowest BCUT2D eigenvalue weighted by Gasteiger charge is -2.17. The highest BCUT2D eigenvalue weighted by Crippen LogP contribution is 2.20. The van der Waals surface area contributed by atoms with Gasteiger partial charge in [0.05, 0.1) is 6.61 Å². The Labute approximate surface area is 128 Å². The third-order valence-corrected chi connectivity index (χ3v) is 3.45. The van der Waals surface area contributed by atoms with Crippen LogP contribution in [0.25, 0.3) is 0 Å². The molecule has 0 saturated carbocycles. The molecule has 4 nitrogen and oxygen atoms in total. The number of anilines is 1. The summed E-state index contributed by atoms with van der Waals surface area (Å²) in [5, 5.41) is 3.36. The van der Waals surface area contributed by atoms with Gasteiger partial charge in [0.25, 0.3) is 0 Å². The first-order valence-electron chi connectivity index (χ1n) is 6.05. The molecule has 0 aliphatic heterocycles. The summed E-state index contributed by atoms with van der Waals surface area (Å²) in [5.74, 6) is 0. The average molecular weight is 346 g/mol. The van der Waals surface area contributed by atoms with Crippen LogP contribution in [0.2, 0.25) is 0 Å². The second-order valence-electron chi connectivity index (χ2n) is 4.28. The lowest BCUT2D eigenvalue weighted by atomic mass is 10.2. The van der Waals surface area contributed by atoms with Gasteiger partial charge in [0.1, 0.15) is 4.99 Å². The van der Waals surface area contributed by atoms with Crippen molar-refractivity contribution < 1.29 is 4.74 Å². The summed E-state index contributed by atoms with van der Waals surface area (Å²) in [6, 6.07) is 5.88. The fourth-order valence-corrected chi connectivity index (χ4v) is 2.14. The van der Waals surface area contributed by atoms with Gasteiger partial charge in [0, 0.05) is 42.5 Å². The van der Waals surface area contributed by atoms with E-state index in [9.17, 15) is 0 Å². The lowest BCUT2D eigenvalue weighted by molar-refractivity contribution is 0.163. The molecule has 0 spiro atoms. The quantitative estimate of drug-likeness (QED) is 0.706. The molecular formula is C13H20BrN3OS. The van der Waals surface area contributed by atoms with Crippen LogP contribution in [0.1, 0.15) is 5.56 Å². The Kier molecular flexibility index (Phi) is 7.30. The van der Waals surface area contributed by atoms with Crippen LogP contribution < -0.4 is 11.1 Å². The SMILES string of the molecule is COCCN(C)CCNc1ccc(Br)cc1C(N)=S. The summed E-state index contributed by atoms with van der Waals surface area (Å²) in [4.78, 5) is 2.60. The van der Waals surface area contributed by atoms with E-state index in [1.807, 2.05) is 18.2 Å². The molecule has 1 aromatic carbocycles. The van der Waals surface area contributed by atoms with Crippen molar-refractivity contribution in [1.82, 2.24) is 4.90 Å². The maximum Gasteiger partial charge on any atom is 0.106 e. The van der Waals surface area contributed by atoms with Gasteiger partial charge in [0.15, 0.2) is 0 Å². The number of likely N-dealkylation sites (N-methyl/N-ethyl adjacent to an activating group) is 1. The number of nitrogens with one attached hydrogen (secondary N) is 1. The molecule has 19 heavy (non-hydrogen) atoms. The van der Waals surface area contributed by atoms with E-state index in [4.69, 9.17) is 22.7 Å². The van der Waals surface area contributed by atoms with Crippen LogP contribution >= 0.6 is 28.1 Å². The molecule has 106 valence electrons. The molecule has 1 rings (SSSR count). The summed E-state index contributed by atoms with van der Waals surface area (Å²) < 4.78 is 6.01. The number of nitrogens with zero attached hydrogens (tertiary/aromatic N) is 1. The first-order chi connectivity index (χ1) is 9.04. The molecule has 0 heterocycles. The van der Waals surface area contributed by atoms with E-state index in [0.717, 1.165) is 42.0 Å². The fraction of sp³-hybridized carbons (Fsp3) is 0.462. The van der Waals surface area contributed by atoms with Gasteiger partial charge in [-0.25, -0.2) is 0 Å². The minimum absolute atomic E-state index is 0.400. The Morgan fingerprint density at radius 3 is 2.84 bits per heavy atom. The highest BCUT2D eigenvalue weighted by atomic mass is 79.9. The van der Waals surface area contributed by atoms with Crippen molar-refractivity contribution in [3.05, 3.63) is 28.2 Å². The van der Waals surface area contributed by atoms with E-state index in [1.54, 1.807) is 7.11 Å². The fourth-order valence-electron chi connectivity index (χ4n) is 1.61. The van der Waals surface area contributed by atoms with Crippen LogP contribution in [-0.4, -0.2) is 50.3 Å². The van der Waals surface area contributed by atoms with Gasteiger partial charge in [-0.1, -0.05) is 28.1 Å².